The van der Waals surface area contributed by atoms with Gasteiger partial charge in [0.25, 0.3) is 11.8 Å². The Kier molecular flexibility index (Phi) is 7.37. The monoisotopic (exact) mass is 514 g/mol. The highest BCUT2D eigenvalue weighted by Crippen LogP contribution is 2.44. The Morgan fingerprint density at radius 2 is 1.97 bits per heavy atom. The first-order valence-corrected chi connectivity index (χ1v) is 12.1. The van der Waals surface area contributed by atoms with Gasteiger partial charge in [-0.3, -0.25) is 9.59 Å². The molecule has 4 N–H and O–H groups in total. The van der Waals surface area contributed by atoms with Crippen molar-refractivity contribution in [1.82, 2.24) is 10.3 Å². The number of aryl methyl sites for hydroxylation is 2. The molecule has 2 aromatic rings. The van der Waals surface area contributed by atoms with Crippen LogP contribution >= 0.6 is 0 Å². The quantitative estimate of drug-likeness (QED) is 0.395. The van der Waals surface area contributed by atoms with Crippen molar-refractivity contribution < 1.29 is 27.5 Å². The summed E-state index contributed by atoms with van der Waals surface area (Å²) in [6.07, 6.45) is 5.12. The van der Waals surface area contributed by atoms with E-state index in [1.54, 1.807) is 11.0 Å². The van der Waals surface area contributed by atoms with Crippen LogP contribution in [0, 0.1) is 32.1 Å². The minimum absolute atomic E-state index is 0.126. The number of carbonyl (C=O) groups excluding carboxylic acids is 2. The predicted molar refractivity (Wildman–Crippen MR) is 135 cm³/mol. The molecule has 4 rings (SSSR count). The second kappa shape index (κ2) is 10.3. The number of aromatic amines is 1. The maximum absolute atomic E-state index is 13.7. The molecule has 2 amide bonds. The first kappa shape index (κ1) is 26.4. The van der Waals surface area contributed by atoms with E-state index in [9.17, 15) is 22.8 Å². The second-order valence-corrected chi connectivity index (χ2v) is 9.60. The molecule has 37 heavy (non-hydrogen) atoms. The van der Waals surface area contributed by atoms with Crippen LogP contribution in [-0.4, -0.2) is 42.3 Å². The molecule has 1 fully saturated rings. The summed E-state index contributed by atoms with van der Waals surface area (Å²) >= 11 is 0. The highest BCUT2D eigenvalue weighted by Gasteiger charge is 2.39. The number of hydrogen-bond donors (Lipinski definition) is 3. The van der Waals surface area contributed by atoms with Gasteiger partial charge in [-0.2, -0.15) is 0 Å². The third kappa shape index (κ3) is 5.83. The number of terminal acetylenes is 1. The molecule has 0 saturated heterocycles. The van der Waals surface area contributed by atoms with Crippen molar-refractivity contribution in [1.29, 1.82) is 0 Å². The molecular weight excluding hydrogens is 485 g/mol. The van der Waals surface area contributed by atoms with Gasteiger partial charge in [0.05, 0.1) is 23.4 Å². The number of nitrogens with zero attached hydrogens (tertiary/aromatic N) is 1. The number of amides is 2. The predicted octanol–water partition coefficient (Wildman–Crippen LogP) is 4.30. The number of hydrogen-bond acceptors (Lipinski definition) is 4. The molecule has 10 heteroatoms. The van der Waals surface area contributed by atoms with Crippen LogP contribution in [0.1, 0.15) is 58.6 Å². The molecule has 7 nitrogen and oxygen atoms in total. The van der Waals surface area contributed by atoms with E-state index >= 15 is 0 Å². The highest BCUT2D eigenvalue weighted by atomic mass is 19.4. The molecule has 0 radical (unpaired) electrons. The zero-order valence-electron chi connectivity index (χ0n) is 20.7. The van der Waals surface area contributed by atoms with E-state index in [1.165, 1.54) is 6.07 Å². The van der Waals surface area contributed by atoms with E-state index in [0.717, 1.165) is 43.0 Å². The van der Waals surface area contributed by atoms with Crippen molar-refractivity contribution in [3.05, 3.63) is 46.3 Å². The van der Waals surface area contributed by atoms with Gasteiger partial charge < -0.3 is 25.7 Å². The lowest BCUT2D eigenvalue weighted by Gasteiger charge is -2.30. The van der Waals surface area contributed by atoms with Crippen LogP contribution in [0.2, 0.25) is 0 Å². The SMILES string of the molecule is C#CCNC(=O)c1cc2c(cc1OC(F)(F)F)/C(=C/c1[nH]c(C)cc1C)C(=O)N2CC1CCC(N)CC1. The van der Waals surface area contributed by atoms with E-state index in [2.05, 4.69) is 21.0 Å². The number of nitrogens with one attached hydrogen (secondary N) is 2. The third-order valence-corrected chi connectivity index (χ3v) is 6.79. The Morgan fingerprint density at radius 1 is 1.27 bits per heavy atom. The fourth-order valence-corrected chi connectivity index (χ4v) is 4.98. The van der Waals surface area contributed by atoms with Crippen LogP contribution in [-0.2, 0) is 4.79 Å². The van der Waals surface area contributed by atoms with Crippen LogP contribution in [0.15, 0.2) is 18.2 Å². The Labute approximate surface area is 213 Å². The maximum Gasteiger partial charge on any atom is 0.573 e. The third-order valence-electron chi connectivity index (χ3n) is 6.79. The van der Waals surface area contributed by atoms with Gasteiger partial charge in [0, 0.05) is 29.5 Å². The molecule has 1 aromatic heterocycles. The molecule has 1 aliphatic carbocycles. The molecule has 0 bridgehead atoms. The zero-order chi connectivity index (χ0) is 26.9. The summed E-state index contributed by atoms with van der Waals surface area (Å²) in [7, 11) is 0. The number of fused-ring (bicyclic) bond motifs is 1. The van der Waals surface area contributed by atoms with Crippen molar-refractivity contribution >= 4 is 29.2 Å². The zero-order valence-corrected chi connectivity index (χ0v) is 20.7. The van der Waals surface area contributed by atoms with E-state index in [0.29, 0.717) is 17.9 Å². The number of alkyl halides is 3. The number of halogens is 3. The lowest BCUT2D eigenvalue weighted by Crippen LogP contribution is -2.36. The van der Waals surface area contributed by atoms with Gasteiger partial charge in [-0.05, 0) is 75.3 Å². The number of anilines is 1. The number of H-pyrrole nitrogens is 1. The van der Waals surface area contributed by atoms with E-state index in [4.69, 9.17) is 12.2 Å². The van der Waals surface area contributed by atoms with E-state index in [1.807, 2.05) is 19.9 Å². The summed E-state index contributed by atoms with van der Waals surface area (Å²) in [5.74, 6) is 0.513. The Balaban J connectivity index is 1.84. The molecule has 196 valence electrons. The van der Waals surface area contributed by atoms with E-state index < -0.39 is 18.0 Å². The van der Waals surface area contributed by atoms with Crippen LogP contribution in [0.5, 0.6) is 5.75 Å². The van der Waals surface area contributed by atoms with E-state index in [-0.39, 0.29) is 41.1 Å². The first-order chi connectivity index (χ1) is 17.5. The van der Waals surface area contributed by atoms with Crippen LogP contribution in [0.4, 0.5) is 18.9 Å². The van der Waals surface area contributed by atoms with Gasteiger partial charge in [0.2, 0.25) is 0 Å². The maximum atomic E-state index is 13.7. The van der Waals surface area contributed by atoms with Gasteiger partial charge in [0.1, 0.15) is 5.75 Å². The first-order valence-electron chi connectivity index (χ1n) is 12.1. The smallest absolute Gasteiger partial charge is 0.405 e. The molecule has 0 atom stereocenters. The average Bonchev–Trinajstić information content (AvgIpc) is 3.27. The fourth-order valence-electron chi connectivity index (χ4n) is 4.98. The highest BCUT2D eigenvalue weighted by molar-refractivity contribution is 6.36. The number of nitrogens with two attached hydrogens (primary N) is 1. The number of rotatable bonds is 6. The van der Waals surface area contributed by atoms with Gasteiger partial charge >= 0.3 is 6.36 Å². The molecule has 1 aromatic carbocycles. The molecule has 0 unspecified atom stereocenters. The van der Waals surface area contributed by atoms with Crippen molar-refractivity contribution in [2.45, 2.75) is 51.9 Å². The molecule has 2 heterocycles. The minimum atomic E-state index is -5.05. The van der Waals surface area contributed by atoms with Crippen LogP contribution < -0.4 is 20.7 Å². The molecule has 1 aliphatic heterocycles. The Hall–Kier alpha value is -3.71. The normalized spacial score (nSPS) is 20.6. The van der Waals surface area contributed by atoms with Crippen molar-refractivity contribution in [3.8, 4) is 18.1 Å². The summed E-state index contributed by atoms with van der Waals surface area (Å²) in [6, 6.07) is 4.43. The lowest BCUT2D eigenvalue weighted by atomic mass is 9.86. The lowest BCUT2D eigenvalue weighted by molar-refractivity contribution is -0.274. The van der Waals surface area contributed by atoms with Gasteiger partial charge in [0.15, 0.2) is 0 Å². The molecular formula is C27H29F3N4O3. The Morgan fingerprint density at radius 3 is 2.57 bits per heavy atom. The second-order valence-electron chi connectivity index (χ2n) is 9.60. The van der Waals surface area contributed by atoms with Crippen molar-refractivity contribution in [2.75, 3.05) is 18.0 Å². The Bertz CT molecular complexity index is 1280. The molecule has 1 saturated carbocycles. The summed E-state index contributed by atoms with van der Waals surface area (Å²) in [6.45, 7) is 3.93. The largest absolute Gasteiger partial charge is 0.573 e. The summed E-state index contributed by atoms with van der Waals surface area (Å²) in [4.78, 5) is 31.2. The minimum Gasteiger partial charge on any atom is -0.405 e. The average molecular weight is 515 g/mol. The topological polar surface area (TPSA) is 100 Å². The van der Waals surface area contributed by atoms with Crippen LogP contribution in [0.25, 0.3) is 11.6 Å². The fraction of sp³-hybridized carbons (Fsp3) is 0.407. The number of ether oxygens (including phenoxy) is 1. The number of carbonyl (C=O) groups is 2. The van der Waals surface area contributed by atoms with Crippen molar-refractivity contribution in [2.24, 2.45) is 11.7 Å². The summed E-state index contributed by atoms with van der Waals surface area (Å²) in [5.41, 5.74) is 8.95. The van der Waals surface area contributed by atoms with Crippen molar-refractivity contribution in [3.63, 3.8) is 0 Å². The van der Waals surface area contributed by atoms with Gasteiger partial charge in [-0.15, -0.1) is 19.6 Å². The summed E-state index contributed by atoms with van der Waals surface area (Å²) in [5, 5.41) is 2.38. The summed E-state index contributed by atoms with van der Waals surface area (Å²) < 4.78 is 44.1. The molecule has 2 aliphatic rings. The standard InChI is InChI=1S/C27H29F3N4O3/c1-4-9-32-25(35)21-12-23-19(13-24(21)37-27(28,29)30)20(11-22-15(2)10-16(3)33-22)26(36)34(23)14-17-5-7-18(31)8-6-17/h1,10-13,17-18,33H,5-9,14,31H2,2-3H3,(H,32,35)/b20-11-. The molecule has 0 spiro atoms. The van der Waals surface area contributed by atoms with Crippen LogP contribution in [0.3, 0.4) is 0 Å². The van der Waals surface area contributed by atoms with Gasteiger partial charge in [-0.1, -0.05) is 5.92 Å². The number of aromatic nitrogens is 1. The number of benzene rings is 1. The van der Waals surface area contributed by atoms with Gasteiger partial charge in [-0.25, -0.2) is 0 Å².